The Kier molecular flexibility index (Phi) is 4.20. The molecule has 2 N–H and O–H groups in total. The van der Waals surface area contributed by atoms with E-state index in [1.807, 2.05) is 11.8 Å². The Morgan fingerprint density at radius 1 is 1.33 bits per heavy atom. The molecule has 5 heteroatoms. The van der Waals surface area contributed by atoms with E-state index in [0.29, 0.717) is 17.3 Å². The Labute approximate surface area is 103 Å². The van der Waals surface area contributed by atoms with Crippen molar-refractivity contribution in [2.75, 3.05) is 11.1 Å². The lowest BCUT2D eigenvalue weighted by Crippen LogP contribution is -2.36. The van der Waals surface area contributed by atoms with Crippen LogP contribution in [0.5, 0.6) is 0 Å². The molecule has 2 fully saturated rings. The molecule has 0 aromatic carbocycles. The third-order valence-corrected chi connectivity index (χ3v) is 5.13. The zero-order valence-electron chi connectivity index (χ0n) is 8.67. The molecule has 2 amide bonds. The van der Waals surface area contributed by atoms with Gasteiger partial charge < -0.3 is 10.6 Å². The van der Waals surface area contributed by atoms with Gasteiger partial charge in [-0.3, -0.25) is 0 Å². The summed E-state index contributed by atoms with van der Waals surface area (Å²) in [5.41, 5.74) is 0. The van der Waals surface area contributed by atoms with Crippen LogP contribution in [0.4, 0.5) is 4.79 Å². The molecule has 15 heavy (non-hydrogen) atoms. The smallest absolute Gasteiger partial charge is 0.315 e. The zero-order valence-corrected chi connectivity index (χ0v) is 11.1. The van der Waals surface area contributed by atoms with E-state index in [0.717, 1.165) is 11.1 Å². The average Bonchev–Trinajstić information content (AvgIpc) is 2.73. The number of urea groups is 1. The lowest BCUT2D eigenvalue weighted by atomic mass is 10.0. The summed E-state index contributed by atoms with van der Waals surface area (Å²) in [7, 11) is 0. The minimum absolute atomic E-state index is 0.0239. The molecule has 2 unspecified atom stereocenters. The average molecular weight is 293 g/mol. The van der Waals surface area contributed by atoms with E-state index in [9.17, 15) is 4.79 Å². The van der Waals surface area contributed by atoms with Crippen molar-refractivity contribution < 1.29 is 4.79 Å². The van der Waals surface area contributed by atoms with Crippen molar-refractivity contribution in [1.29, 1.82) is 0 Å². The molecule has 2 aliphatic heterocycles. The summed E-state index contributed by atoms with van der Waals surface area (Å²) in [6.45, 7) is 0. The largest absolute Gasteiger partial charge is 0.332 e. The number of hydrogen-bond acceptors (Lipinski definition) is 2. The van der Waals surface area contributed by atoms with Crippen molar-refractivity contribution in [3.8, 4) is 0 Å². The fourth-order valence-electron chi connectivity index (χ4n) is 2.26. The molecule has 2 aliphatic rings. The van der Waals surface area contributed by atoms with Gasteiger partial charge in [0.1, 0.15) is 0 Å². The fourth-order valence-corrected chi connectivity index (χ4v) is 4.20. The third kappa shape index (κ3) is 2.81. The molecule has 86 valence electrons. The second-order valence-corrected chi connectivity index (χ2v) is 6.23. The first-order valence-electron chi connectivity index (χ1n) is 5.56. The number of unbranched alkanes of at least 4 members (excludes halogenated alkanes) is 2. The number of fused-ring (bicyclic) bond motifs is 1. The van der Waals surface area contributed by atoms with Gasteiger partial charge in [-0.05, 0) is 12.8 Å². The van der Waals surface area contributed by atoms with Crippen LogP contribution in [0.25, 0.3) is 0 Å². The van der Waals surface area contributed by atoms with Crippen molar-refractivity contribution in [2.45, 2.75) is 43.0 Å². The number of rotatable bonds is 5. The molecule has 0 radical (unpaired) electrons. The van der Waals surface area contributed by atoms with E-state index in [1.54, 1.807) is 0 Å². The SMILES string of the molecule is O=C1NC2CSC(CCCCCBr)[C@H]2N1. The minimum Gasteiger partial charge on any atom is -0.332 e. The maximum absolute atomic E-state index is 11.1. The molecule has 2 rings (SSSR count). The van der Waals surface area contributed by atoms with Crippen LogP contribution in [-0.2, 0) is 0 Å². The highest BCUT2D eigenvalue weighted by molar-refractivity contribution is 9.09. The summed E-state index contributed by atoms with van der Waals surface area (Å²) in [5.74, 6) is 1.08. The van der Waals surface area contributed by atoms with Gasteiger partial charge in [-0.2, -0.15) is 11.8 Å². The Morgan fingerprint density at radius 3 is 3.00 bits per heavy atom. The monoisotopic (exact) mass is 292 g/mol. The van der Waals surface area contributed by atoms with Crippen LogP contribution < -0.4 is 10.6 Å². The molecule has 3 atom stereocenters. The first-order valence-corrected chi connectivity index (χ1v) is 7.73. The van der Waals surface area contributed by atoms with Gasteiger partial charge in [-0.1, -0.05) is 28.8 Å². The molecule has 3 nitrogen and oxygen atoms in total. The maximum atomic E-state index is 11.1. The number of hydrogen-bond donors (Lipinski definition) is 2. The highest BCUT2D eigenvalue weighted by atomic mass is 79.9. The van der Waals surface area contributed by atoms with Crippen LogP contribution in [0.15, 0.2) is 0 Å². The first-order chi connectivity index (χ1) is 7.31. The summed E-state index contributed by atoms with van der Waals surface area (Å²) in [5, 5.41) is 7.73. The minimum atomic E-state index is 0.0239. The predicted octanol–water partition coefficient (Wildman–Crippen LogP) is 2.11. The molecule has 2 saturated heterocycles. The number of nitrogens with one attached hydrogen (secondary N) is 2. The number of halogens is 1. The van der Waals surface area contributed by atoms with Gasteiger partial charge in [-0.25, -0.2) is 4.79 Å². The molecule has 0 aromatic rings. The summed E-state index contributed by atoms with van der Waals surface area (Å²) < 4.78 is 0. The number of alkyl halides is 1. The summed E-state index contributed by atoms with van der Waals surface area (Å²) >= 11 is 5.45. The van der Waals surface area contributed by atoms with Gasteiger partial charge in [-0.15, -0.1) is 0 Å². The van der Waals surface area contributed by atoms with Crippen molar-refractivity contribution in [1.82, 2.24) is 10.6 Å². The molecule has 0 bridgehead atoms. The van der Waals surface area contributed by atoms with Gasteiger partial charge in [0, 0.05) is 16.3 Å². The lowest BCUT2D eigenvalue weighted by Gasteiger charge is -2.16. The number of thioether (sulfide) groups is 1. The standard InChI is InChI=1S/C10H17BrN2OS/c11-5-3-1-2-4-8-9-7(6-15-8)12-10(14)13-9/h7-9H,1-6H2,(H2,12,13,14)/t7?,8?,9-/m0/s1. The van der Waals surface area contributed by atoms with Crippen LogP contribution >= 0.6 is 27.7 Å². The van der Waals surface area contributed by atoms with Gasteiger partial charge in [0.05, 0.1) is 12.1 Å². The van der Waals surface area contributed by atoms with Gasteiger partial charge >= 0.3 is 6.03 Å². The molecule has 0 spiro atoms. The number of carbonyl (C=O) groups excluding carboxylic acids is 1. The van der Waals surface area contributed by atoms with Crippen LogP contribution in [0.2, 0.25) is 0 Å². The maximum Gasteiger partial charge on any atom is 0.315 e. The van der Waals surface area contributed by atoms with Crippen LogP contribution in [0.3, 0.4) is 0 Å². The van der Waals surface area contributed by atoms with Gasteiger partial charge in [0.15, 0.2) is 0 Å². The molecule has 0 saturated carbocycles. The van der Waals surface area contributed by atoms with Gasteiger partial charge in [0.2, 0.25) is 0 Å². The molecule has 2 heterocycles. The molecular weight excluding hydrogens is 276 g/mol. The second-order valence-electron chi connectivity index (χ2n) is 4.16. The quantitative estimate of drug-likeness (QED) is 0.463. The Balaban J connectivity index is 1.72. The van der Waals surface area contributed by atoms with Crippen molar-refractivity contribution in [2.24, 2.45) is 0 Å². The van der Waals surface area contributed by atoms with Crippen LogP contribution in [0, 0.1) is 0 Å². The van der Waals surface area contributed by atoms with E-state index < -0.39 is 0 Å². The van der Waals surface area contributed by atoms with Crippen molar-refractivity contribution in [3.05, 3.63) is 0 Å². The summed E-state index contributed by atoms with van der Waals surface area (Å²) in [6.07, 6.45) is 5.07. The van der Waals surface area contributed by atoms with E-state index in [4.69, 9.17) is 0 Å². The topological polar surface area (TPSA) is 41.1 Å². The van der Waals surface area contributed by atoms with Crippen molar-refractivity contribution >= 4 is 33.7 Å². The van der Waals surface area contributed by atoms with E-state index in [2.05, 4.69) is 26.6 Å². The van der Waals surface area contributed by atoms with E-state index in [-0.39, 0.29) is 6.03 Å². The molecule has 0 aromatic heterocycles. The summed E-state index contributed by atoms with van der Waals surface area (Å²) in [6, 6.07) is 0.783. The van der Waals surface area contributed by atoms with Gasteiger partial charge in [0.25, 0.3) is 0 Å². The zero-order chi connectivity index (χ0) is 10.7. The highest BCUT2D eigenvalue weighted by Crippen LogP contribution is 2.33. The van der Waals surface area contributed by atoms with E-state index in [1.165, 1.54) is 25.7 Å². The molecule has 0 aliphatic carbocycles. The second kappa shape index (κ2) is 5.43. The number of carbonyl (C=O) groups is 1. The van der Waals surface area contributed by atoms with E-state index >= 15 is 0 Å². The number of amides is 2. The predicted molar refractivity (Wildman–Crippen MR) is 67.8 cm³/mol. The Hall–Kier alpha value is 0.1000. The Bertz CT molecular complexity index is 239. The summed E-state index contributed by atoms with van der Waals surface area (Å²) in [4.78, 5) is 11.1. The third-order valence-electron chi connectivity index (χ3n) is 3.06. The lowest BCUT2D eigenvalue weighted by molar-refractivity contribution is 0.247. The normalized spacial score (nSPS) is 33.7. The van der Waals surface area contributed by atoms with Crippen LogP contribution in [0.1, 0.15) is 25.7 Å². The Morgan fingerprint density at radius 2 is 2.20 bits per heavy atom. The first kappa shape index (κ1) is 11.6. The van der Waals surface area contributed by atoms with Crippen LogP contribution in [-0.4, -0.2) is 34.4 Å². The van der Waals surface area contributed by atoms with Crippen molar-refractivity contribution in [3.63, 3.8) is 0 Å². The highest BCUT2D eigenvalue weighted by Gasteiger charge is 2.42. The fraction of sp³-hybridized carbons (Fsp3) is 0.900. The molecular formula is C10H17BrN2OS.